The average Bonchev–Trinajstić information content (AvgIpc) is 2.75. The third kappa shape index (κ3) is 4.74. The molecule has 3 N–H and O–H groups in total. The number of anilines is 3. The summed E-state index contributed by atoms with van der Waals surface area (Å²) in [5, 5.41) is 3.21. The van der Waals surface area contributed by atoms with Crippen molar-refractivity contribution in [1.82, 2.24) is 14.9 Å². The first kappa shape index (κ1) is 22.2. The van der Waals surface area contributed by atoms with Crippen molar-refractivity contribution in [3.05, 3.63) is 46.7 Å². The lowest BCUT2D eigenvalue weighted by molar-refractivity contribution is -0.130. The Hall–Kier alpha value is -3.01. The minimum Gasteiger partial charge on any atom is -0.491 e. The van der Waals surface area contributed by atoms with Crippen LogP contribution in [0.25, 0.3) is 10.9 Å². The number of likely N-dealkylation sites (tertiary alicyclic amines) is 1. The van der Waals surface area contributed by atoms with Crippen molar-refractivity contribution in [3.8, 4) is 5.75 Å². The molecule has 1 aliphatic heterocycles. The Balaban J connectivity index is 1.52. The standard InChI is InChI=1S/C22H22BrF2N5O2/c1-12(31)30-4-2-13(3-5-30)10-32-20-9-19-15(8-18(20)26)22(28-11-27-19)29-21-16(24)6-14(23)7-17(21)25/h6-9,11,13H,2-5,10,26H2,1H3,(H,27,28,29). The van der Waals surface area contributed by atoms with E-state index in [0.29, 0.717) is 39.3 Å². The average molecular weight is 506 g/mol. The molecular weight excluding hydrogens is 484 g/mol. The first-order chi connectivity index (χ1) is 15.3. The van der Waals surface area contributed by atoms with Gasteiger partial charge in [-0.2, -0.15) is 0 Å². The SMILES string of the molecule is CC(=O)N1CCC(COc2cc3ncnc(Nc4c(F)cc(Br)cc4F)c3cc2N)CC1. The molecule has 0 saturated carbocycles. The summed E-state index contributed by atoms with van der Waals surface area (Å²) in [6.45, 7) is 3.51. The van der Waals surface area contributed by atoms with E-state index in [1.165, 1.54) is 6.33 Å². The number of carbonyl (C=O) groups is 1. The Kier molecular flexibility index (Phi) is 6.40. The number of nitrogens with zero attached hydrogens (tertiary/aromatic N) is 3. The lowest BCUT2D eigenvalue weighted by Gasteiger charge is -2.31. The fraction of sp³-hybridized carbons (Fsp3) is 0.318. The number of benzene rings is 2. The van der Waals surface area contributed by atoms with Crippen LogP contribution >= 0.6 is 15.9 Å². The summed E-state index contributed by atoms with van der Waals surface area (Å²) >= 11 is 3.06. The molecule has 1 aromatic heterocycles. The van der Waals surface area contributed by atoms with Crippen LogP contribution in [-0.2, 0) is 4.79 Å². The molecule has 1 saturated heterocycles. The van der Waals surface area contributed by atoms with Gasteiger partial charge in [0.15, 0.2) is 11.6 Å². The number of carbonyl (C=O) groups excluding carboxylic acids is 1. The van der Waals surface area contributed by atoms with Gasteiger partial charge in [0.2, 0.25) is 5.91 Å². The molecule has 1 fully saturated rings. The van der Waals surface area contributed by atoms with Crippen LogP contribution in [0.5, 0.6) is 5.75 Å². The maximum absolute atomic E-state index is 14.2. The molecule has 1 aliphatic rings. The number of hydrogen-bond acceptors (Lipinski definition) is 6. The van der Waals surface area contributed by atoms with E-state index < -0.39 is 11.6 Å². The molecule has 2 aromatic carbocycles. The van der Waals surface area contributed by atoms with Crippen molar-refractivity contribution >= 4 is 49.9 Å². The molecule has 3 aromatic rings. The van der Waals surface area contributed by atoms with E-state index in [4.69, 9.17) is 10.5 Å². The van der Waals surface area contributed by atoms with E-state index in [1.54, 1.807) is 19.1 Å². The Morgan fingerprint density at radius 1 is 1.22 bits per heavy atom. The summed E-state index contributed by atoms with van der Waals surface area (Å²) in [6, 6.07) is 5.64. The van der Waals surface area contributed by atoms with Gasteiger partial charge in [-0.1, -0.05) is 15.9 Å². The van der Waals surface area contributed by atoms with Crippen LogP contribution in [-0.4, -0.2) is 40.5 Å². The van der Waals surface area contributed by atoms with Gasteiger partial charge in [0, 0.05) is 35.9 Å². The maximum Gasteiger partial charge on any atom is 0.219 e. The van der Waals surface area contributed by atoms with Gasteiger partial charge < -0.3 is 20.7 Å². The molecule has 10 heteroatoms. The Bertz CT molecular complexity index is 1150. The summed E-state index contributed by atoms with van der Waals surface area (Å²) in [5.41, 5.74) is 6.77. The zero-order valence-electron chi connectivity index (χ0n) is 17.4. The van der Waals surface area contributed by atoms with Crippen LogP contribution in [0.4, 0.5) is 26.0 Å². The highest BCUT2D eigenvalue weighted by Gasteiger charge is 2.22. The monoisotopic (exact) mass is 505 g/mol. The van der Waals surface area contributed by atoms with Gasteiger partial charge in [-0.15, -0.1) is 0 Å². The summed E-state index contributed by atoms with van der Waals surface area (Å²) < 4.78 is 34.7. The van der Waals surface area contributed by atoms with Gasteiger partial charge in [-0.25, -0.2) is 18.7 Å². The third-order valence-electron chi connectivity index (χ3n) is 5.55. The number of nitrogen functional groups attached to an aromatic ring is 1. The Labute approximate surface area is 192 Å². The molecule has 2 heterocycles. The predicted molar refractivity (Wildman–Crippen MR) is 122 cm³/mol. The maximum atomic E-state index is 14.2. The summed E-state index contributed by atoms with van der Waals surface area (Å²) in [7, 11) is 0. The second kappa shape index (κ2) is 9.23. The molecular formula is C22H22BrF2N5O2. The van der Waals surface area contributed by atoms with Gasteiger partial charge >= 0.3 is 0 Å². The first-order valence-electron chi connectivity index (χ1n) is 10.2. The molecule has 0 unspecified atom stereocenters. The summed E-state index contributed by atoms with van der Waals surface area (Å²) in [4.78, 5) is 21.7. The summed E-state index contributed by atoms with van der Waals surface area (Å²) in [6.07, 6.45) is 3.04. The first-order valence-corrected chi connectivity index (χ1v) is 10.9. The number of piperidine rings is 1. The second-order valence-electron chi connectivity index (χ2n) is 7.76. The molecule has 32 heavy (non-hydrogen) atoms. The van der Waals surface area contributed by atoms with Crippen LogP contribution in [0, 0.1) is 17.6 Å². The van der Waals surface area contributed by atoms with Crippen molar-refractivity contribution < 1.29 is 18.3 Å². The molecule has 0 atom stereocenters. The molecule has 1 amide bonds. The minimum atomic E-state index is -0.757. The minimum absolute atomic E-state index is 0.0927. The molecule has 0 bridgehead atoms. The molecule has 0 aliphatic carbocycles. The van der Waals surface area contributed by atoms with Crippen molar-refractivity contribution in [3.63, 3.8) is 0 Å². The largest absolute Gasteiger partial charge is 0.491 e. The lowest BCUT2D eigenvalue weighted by atomic mass is 9.98. The summed E-state index contributed by atoms with van der Waals surface area (Å²) in [5.74, 6) is -0.385. The van der Waals surface area contributed by atoms with Gasteiger partial charge in [0.05, 0.1) is 17.8 Å². The Morgan fingerprint density at radius 3 is 2.56 bits per heavy atom. The number of aromatic nitrogens is 2. The zero-order valence-corrected chi connectivity index (χ0v) is 19.0. The van der Waals surface area contributed by atoms with Crippen molar-refractivity contribution in [2.24, 2.45) is 5.92 Å². The van der Waals surface area contributed by atoms with E-state index in [0.717, 1.165) is 38.1 Å². The van der Waals surface area contributed by atoms with Gasteiger partial charge in [-0.3, -0.25) is 4.79 Å². The molecule has 4 rings (SSSR count). The topological polar surface area (TPSA) is 93.4 Å². The van der Waals surface area contributed by atoms with Gasteiger partial charge in [-0.05, 0) is 37.0 Å². The zero-order chi connectivity index (χ0) is 22.8. The lowest BCUT2D eigenvalue weighted by Crippen LogP contribution is -2.38. The second-order valence-corrected chi connectivity index (χ2v) is 8.68. The van der Waals surface area contributed by atoms with Crippen LogP contribution in [0.1, 0.15) is 19.8 Å². The van der Waals surface area contributed by atoms with Crippen molar-refractivity contribution in [2.75, 3.05) is 30.7 Å². The highest BCUT2D eigenvalue weighted by molar-refractivity contribution is 9.10. The fourth-order valence-electron chi connectivity index (χ4n) is 3.73. The predicted octanol–water partition coefficient (Wildman–Crippen LogP) is 4.63. The fourth-order valence-corrected chi connectivity index (χ4v) is 4.13. The van der Waals surface area contributed by atoms with Gasteiger partial charge in [0.1, 0.15) is 23.6 Å². The van der Waals surface area contributed by atoms with Crippen LogP contribution < -0.4 is 15.8 Å². The number of nitrogens with one attached hydrogen (secondary N) is 1. The normalized spacial score (nSPS) is 14.6. The van der Waals surface area contributed by atoms with Crippen LogP contribution in [0.2, 0.25) is 0 Å². The van der Waals surface area contributed by atoms with Gasteiger partial charge in [0.25, 0.3) is 0 Å². The van der Waals surface area contributed by atoms with Crippen LogP contribution in [0.15, 0.2) is 35.1 Å². The van der Waals surface area contributed by atoms with E-state index >= 15 is 0 Å². The quantitative estimate of drug-likeness (QED) is 0.491. The van der Waals surface area contributed by atoms with Crippen molar-refractivity contribution in [2.45, 2.75) is 19.8 Å². The third-order valence-corrected chi connectivity index (χ3v) is 6.01. The number of amides is 1. The molecule has 7 nitrogen and oxygen atoms in total. The van der Waals surface area contributed by atoms with Crippen LogP contribution in [0.3, 0.4) is 0 Å². The number of ether oxygens (including phenoxy) is 1. The van der Waals surface area contributed by atoms with E-state index in [9.17, 15) is 13.6 Å². The number of halogens is 3. The smallest absolute Gasteiger partial charge is 0.219 e. The number of nitrogens with two attached hydrogens (primary N) is 1. The number of hydrogen-bond donors (Lipinski definition) is 2. The molecule has 0 spiro atoms. The van der Waals surface area contributed by atoms with E-state index in [-0.39, 0.29) is 17.4 Å². The van der Waals surface area contributed by atoms with E-state index in [1.807, 2.05) is 4.90 Å². The highest BCUT2D eigenvalue weighted by Crippen LogP contribution is 2.33. The number of rotatable bonds is 5. The molecule has 168 valence electrons. The van der Waals surface area contributed by atoms with E-state index in [2.05, 4.69) is 31.2 Å². The highest BCUT2D eigenvalue weighted by atomic mass is 79.9. The Morgan fingerprint density at radius 2 is 1.91 bits per heavy atom. The molecule has 0 radical (unpaired) electrons. The van der Waals surface area contributed by atoms with Crippen molar-refractivity contribution in [1.29, 1.82) is 0 Å². The number of fused-ring (bicyclic) bond motifs is 1.